The molecule has 0 saturated heterocycles. The highest BCUT2D eigenvalue weighted by Gasteiger charge is 2.17. The number of nitrogens with one attached hydrogen (secondary N) is 1. The Balaban J connectivity index is 2.68. The second-order valence-corrected chi connectivity index (χ2v) is 4.90. The van der Waals surface area contributed by atoms with Gasteiger partial charge in [0.15, 0.2) is 5.82 Å². The SMILES string of the molecule is CC(C)NN(C)c1c(N=CCO)c(N)nc2cccnc12. The Morgan fingerprint density at radius 2 is 2.29 bits per heavy atom. The molecule has 0 unspecified atom stereocenters. The van der Waals surface area contributed by atoms with E-state index in [1.807, 2.05) is 38.0 Å². The molecule has 0 saturated carbocycles. The fourth-order valence-corrected chi connectivity index (χ4v) is 2.11. The second-order valence-electron chi connectivity index (χ2n) is 4.90. The number of nitrogens with two attached hydrogens (primary N) is 1. The summed E-state index contributed by atoms with van der Waals surface area (Å²) in [5.74, 6) is 0.299. The minimum atomic E-state index is -0.166. The number of anilines is 2. The first kappa shape index (κ1) is 15.1. The number of hydrogen-bond acceptors (Lipinski definition) is 7. The fourth-order valence-electron chi connectivity index (χ4n) is 2.11. The molecule has 4 N–H and O–H groups in total. The van der Waals surface area contributed by atoms with E-state index in [0.717, 1.165) is 5.69 Å². The lowest BCUT2D eigenvalue weighted by Gasteiger charge is -2.25. The van der Waals surface area contributed by atoms with E-state index in [0.29, 0.717) is 22.5 Å². The van der Waals surface area contributed by atoms with E-state index in [1.165, 1.54) is 6.21 Å². The molecule has 2 rings (SSSR count). The Hall–Kier alpha value is -2.25. The number of rotatable bonds is 5. The van der Waals surface area contributed by atoms with Gasteiger partial charge in [-0.3, -0.25) is 9.98 Å². The first-order chi connectivity index (χ1) is 10.0. The second kappa shape index (κ2) is 6.47. The van der Waals surface area contributed by atoms with Crippen molar-refractivity contribution < 1.29 is 5.11 Å². The molecule has 7 nitrogen and oxygen atoms in total. The zero-order chi connectivity index (χ0) is 15.4. The van der Waals surface area contributed by atoms with Crippen LogP contribution in [-0.2, 0) is 0 Å². The lowest BCUT2D eigenvalue weighted by Crippen LogP contribution is -2.39. The summed E-state index contributed by atoms with van der Waals surface area (Å²) < 4.78 is 0. The smallest absolute Gasteiger partial charge is 0.152 e. The third-order valence-corrected chi connectivity index (χ3v) is 2.81. The van der Waals surface area contributed by atoms with E-state index in [-0.39, 0.29) is 12.6 Å². The average Bonchev–Trinajstić information content (AvgIpc) is 2.43. The van der Waals surface area contributed by atoms with Gasteiger partial charge < -0.3 is 15.8 Å². The van der Waals surface area contributed by atoms with Crippen LogP contribution in [0.3, 0.4) is 0 Å². The van der Waals surface area contributed by atoms with Gasteiger partial charge in [-0.15, -0.1) is 0 Å². The van der Waals surface area contributed by atoms with Gasteiger partial charge in [0, 0.05) is 25.5 Å². The Morgan fingerprint density at radius 1 is 1.52 bits per heavy atom. The molecule has 0 spiro atoms. The van der Waals surface area contributed by atoms with Gasteiger partial charge >= 0.3 is 0 Å². The van der Waals surface area contributed by atoms with Crippen LogP contribution in [0.2, 0.25) is 0 Å². The third-order valence-electron chi connectivity index (χ3n) is 2.81. The maximum atomic E-state index is 8.95. The molecule has 0 aliphatic carbocycles. The summed E-state index contributed by atoms with van der Waals surface area (Å²) >= 11 is 0. The Morgan fingerprint density at radius 3 is 2.95 bits per heavy atom. The summed E-state index contributed by atoms with van der Waals surface area (Å²) in [4.78, 5) is 12.9. The minimum Gasteiger partial charge on any atom is -0.391 e. The van der Waals surface area contributed by atoms with Gasteiger partial charge in [-0.1, -0.05) is 0 Å². The molecule has 0 amide bonds. The Bertz CT molecular complexity index is 655. The number of nitrogen functional groups attached to an aromatic ring is 1. The number of hydrazine groups is 1. The summed E-state index contributed by atoms with van der Waals surface area (Å²) in [5, 5.41) is 10.8. The molecule has 2 aromatic rings. The van der Waals surface area contributed by atoms with E-state index in [9.17, 15) is 0 Å². The first-order valence-electron chi connectivity index (χ1n) is 6.72. The average molecular weight is 288 g/mol. The van der Waals surface area contributed by atoms with Crippen molar-refractivity contribution in [3.05, 3.63) is 18.3 Å². The van der Waals surface area contributed by atoms with Crippen molar-refractivity contribution in [1.82, 2.24) is 15.4 Å². The topological polar surface area (TPSA) is 99.7 Å². The van der Waals surface area contributed by atoms with E-state index < -0.39 is 0 Å². The van der Waals surface area contributed by atoms with Crippen molar-refractivity contribution in [1.29, 1.82) is 0 Å². The van der Waals surface area contributed by atoms with Gasteiger partial charge in [0.05, 0.1) is 12.1 Å². The van der Waals surface area contributed by atoms with Crippen LogP contribution in [0.4, 0.5) is 17.2 Å². The number of nitrogens with zero attached hydrogens (tertiary/aromatic N) is 4. The third kappa shape index (κ3) is 3.26. The van der Waals surface area contributed by atoms with Crippen LogP contribution in [0.15, 0.2) is 23.3 Å². The summed E-state index contributed by atoms with van der Waals surface area (Å²) in [5.41, 5.74) is 11.9. The molecular formula is C14H20N6O. The normalized spacial score (nSPS) is 11.7. The maximum Gasteiger partial charge on any atom is 0.152 e. The number of hydrogen-bond donors (Lipinski definition) is 3. The highest BCUT2D eigenvalue weighted by molar-refractivity contribution is 5.99. The molecule has 0 bridgehead atoms. The van der Waals surface area contributed by atoms with Crippen molar-refractivity contribution in [3.8, 4) is 0 Å². The molecule has 0 atom stereocenters. The number of aliphatic imine (C=N–C) groups is 1. The molecule has 0 aliphatic heterocycles. The largest absolute Gasteiger partial charge is 0.391 e. The first-order valence-corrected chi connectivity index (χ1v) is 6.72. The van der Waals surface area contributed by atoms with Gasteiger partial charge in [0.25, 0.3) is 0 Å². The quantitative estimate of drug-likeness (QED) is 0.565. The number of aromatic nitrogens is 2. The van der Waals surface area contributed by atoms with Gasteiger partial charge in [0.1, 0.15) is 16.9 Å². The van der Waals surface area contributed by atoms with Crippen LogP contribution >= 0.6 is 0 Å². The van der Waals surface area contributed by atoms with Crippen molar-refractivity contribution >= 4 is 34.4 Å². The fraction of sp³-hybridized carbons (Fsp3) is 0.357. The van der Waals surface area contributed by atoms with Crippen LogP contribution < -0.4 is 16.2 Å². The van der Waals surface area contributed by atoms with Crippen molar-refractivity contribution in [2.24, 2.45) is 4.99 Å². The molecule has 0 fully saturated rings. The van der Waals surface area contributed by atoms with Gasteiger partial charge in [-0.25, -0.2) is 10.4 Å². The maximum absolute atomic E-state index is 8.95. The number of aliphatic hydroxyl groups excluding tert-OH is 1. The summed E-state index contributed by atoms with van der Waals surface area (Å²) in [7, 11) is 1.88. The molecule has 0 aromatic carbocycles. The Labute approximate surface area is 123 Å². The van der Waals surface area contributed by atoms with Crippen LogP contribution in [0.25, 0.3) is 11.0 Å². The van der Waals surface area contributed by atoms with Gasteiger partial charge in [0.2, 0.25) is 0 Å². The summed E-state index contributed by atoms with van der Waals surface area (Å²) in [6.45, 7) is 3.90. The predicted molar refractivity (Wildman–Crippen MR) is 85.9 cm³/mol. The van der Waals surface area contributed by atoms with E-state index in [4.69, 9.17) is 10.8 Å². The van der Waals surface area contributed by atoms with E-state index in [1.54, 1.807) is 6.20 Å². The molecule has 112 valence electrons. The zero-order valence-corrected chi connectivity index (χ0v) is 12.4. The summed E-state index contributed by atoms with van der Waals surface area (Å²) in [6, 6.07) is 3.90. The van der Waals surface area contributed by atoms with E-state index >= 15 is 0 Å². The molecule has 7 heteroatoms. The van der Waals surface area contributed by atoms with Crippen molar-refractivity contribution in [2.75, 3.05) is 24.4 Å². The van der Waals surface area contributed by atoms with Crippen LogP contribution in [0, 0.1) is 0 Å². The number of pyridine rings is 2. The lowest BCUT2D eigenvalue weighted by atomic mass is 10.2. The van der Waals surface area contributed by atoms with Crippen LogP contribution in [0.5, 0.6) is 0 Å². The lowest BCUT2D eigenvalue weighted by molar-refractivity contribution is 0.361. The molecule has 0 aliphatic rings. The highest BCUT2D eigenvalue weighted by atomic mass is 16.2. The van der Waals surface area contributed by atoms with Gasteiger partial charge in [-0.2, -0.15) is 0 Å². The van der Waals surface area contributed by atoms with E-state index in [2.05, 4.69) is 20.4 Å². The number of fused-ring (bicyclic) bond motifs is 1. The number of aliphatic hydroxyl groups is 1. The van der Waals surface area contributed by atoms with Crippen molar-refractivity contribution in [3.63, 3.8) is 0 Å². The van der Waals surface area contributed by atoms with Crippen molar-refractivity contribution in [2.45, 2.75) is 19.9 Å². The minimum absolute atomic E-state index is 0.166. The Kier molecular flexibility index (Phi) is 4.66. The molecular weight excluding hydrogens is 268 g/mol. The monoisotopic (exact) mass is 288 g/mol. The highest BCUT2D eigenvalue weighted by Crippen LogP contribution is 2.37. The van der Waals surface area contributed by atoms with Gasteiger partial charge in [-0.05, 0) is 26.0 Å². The standard InChI is InChI=1S/C14H20N6O/c1-9(2)19-20(3)13-11-10(5-4-6-16-11)18-14(15)12(13)17-7-8-21/h4-7,9,19,21H,8H2,1-3H3,(H2,15,18). The van der Waals surface area contributed by atoms with Crippen LogP contribution in [-0.4, -0.2) is 41.0 Å². The molecule has 21 heavy (non-hydrogen) atoms. The molecule has 0 radical (unpaired) electrons. The summed E-state index contributed by atoms with van der Waals surface area (Å²) in [6.07, 6.45) is 3.08. The molecule has 2 heterocycles. The van der Waals surface area contributed by atoms with Crippen LogP contribution in [0.1, 0.15) is 13.8 Å². The zero-order valence-electron chi connectivity index (χ0n) is 12.4. The molecule has 2 aromatic heterocycles. The predicted octanol–water partition coefficient (Wildman–Crippen LogP) is 1.26.